The minimum absolute atomic E-state index is 0.705. The van der Waals surface area contributed by atoms with Gasteiger partial charge in [-0.25, -0.2) is 0 Å². The Morgan fingerprint density at radius 2 is 1.73 bits per heavy atom. The molecule has 0 fully saturated rings. The first kappa shape index (κ1) is 10.4. The van der Waals surface area contributed by atoms with Gasteiger partial charge in [0.1, 0.15) is 0 Å². The van der Waals surface area contributed by atoms with Crippen LogP contribution < -0.4 is 0 Å². The number of rotatable bonds is 2. The lowest BCUT2D eigenvalue weighted by atomic mass is 10.1. The average molecular weight is 172 g/mol. The lowest BCUT2D eigenvalue weighted by Crippen LogP contribution is -2.34. The van der Waals surface area contributed by atoms with Gasteiger partial charge in [-0.2, -0.15) is 13.2 Å². The highest BCUT2D eigenvalue weighted by molar-refractivity contribution is 5.84. The van der Waals surface area contributed by atoms with Crippen molar-refractivity contribution >= 4 is 5.78 Å². The third-order valence-electron chi connectivity index (χ3n) is 0.812. The highest BCUT2D eigenvalue weighted by Crippen LogP contribution is 2.20. The zero-order chi connectivity index (χ0) is 9.28. The zero-order valence-corrected chi connectivity index (χ0v) is 5.64. The Balaban J connectivity index is 4.11. The molecule has 0 spiro atoms. The summed E-state index contributed by atoms with van der Waals surface area (Å²) in [5, 5.41) is 16.8. The molecule has 0 unspecified atom stereocenters. The Bertz CT molecular complexity index is 155. The number of halogens is 3. The number of Topliss-reactive ketones (excluding diaryl/α,β-unsaturated/α-hetero) is 1. The van der Waals surface area contributed by atoms with Crippen LogP contribution in [0.15, 0.2) is 0 Å². The summed E-state index contributed by atoms with van der Waals surface area (Å²) >= 11 is 0. The quantitative estimate of drug-likeness (QED) is 0.585. The molecule has 0 amide bonds. The van der Waals surface area contributed by atoms with E-state index in [1.165, 1.54) is 0 Å². The molecule has 3 nitrogen and oxygen atoms in total. The molecule has 0 aromatic heterocycles. The van der Waals surface area contributed by atoms with Crippen LogP contribution in [-0.2, 0) is 4.79 Å². The molecule has 0 heterocycles. The van der Waals surface area contributed by atoms with Crippen LogP contribution in [0.1, 0.15) is 13.3 Å². The van der Waals surface area contributed by atoms with Crippen molar-refractivity contribution in [2.75, 3.05) is 0 Å². The van der Waals surface area contributed by atoms with E-state index in [1.54, 1.807) is 0 Å². The normalized spacial score (nSPS) is 13.3. The largest absolute Gasteiger partial charge is 0.450 e. The smallest absolute Gasteiger partial charge is 0.365 e. The van der Waals surface area contributed by atoms with Crippen LogP contribution in [0.5, 0.6) is 0 Å². The number of hydrogen-bond acceptors (Lipinski definition) is 3. The van der Waals surface area contributed by atoms with Crippen molar-refractivity contribution in [3.8, 4) is 0 Å². The van der Waals surface area contributed by atoms with Crippen LogP contribution >= 0.6 is 0 Å². The molecule has 0 bridgehead atoms. The maximum absolute atomic E-state index is 11.4. The molecule has 0 saturated heterocycles. The van der Waals surface area contributed by atoms with Gasteiger partial charge in [-0.3, -0.25) is 4.79 Å². The van der Waals surface area contributed by atoms with E-state index in [1.807, 2.05) is 0 Å². The minimum Gasteiger partial charge on any atom is -0.365 e. The molecule has 0 atom stereocenters. The second-order valence-corrected chi connectivity index (χ2v) is 2.31. The molecule has 0 aliphatic rings. The predicted octanol–water partition coefficient (Wildman–Crippen LogP) is 0.209. The topological polar surface area (TPSA) is 57.5 Å². The molecule has 0 aromatic carbocycles. The van der Waals surface area contributed by atoms with Crippen molar-refractivity contribution in [3.05, 3.63) is 0 Å². The van der Waals surface area contributed by atoms with E-state index < -0.39 is 24.2 Å². The summed E-state index contributed by atoms with van der Waals surface area (Å²) < 4.78 is 34.2. The summed E-state index contributed by atoms with van der Waals surface area (Å²) in [6.07, 6.45) is -6.33. The fourth-order valence-electron chi connectivity index (χ4n) is 0.404. The van der Waals surface area contributed by atoms with Crippen molar-refractivity contribution < 1.29 is 28.2 Å². The van der Waals surface area contributed by atoms with E-state index in [2.05, 4.69) is 0 Å². The Kier molecular flexibility index (Phi) is 2.63. The van der Waals surface area contributed by atoms with E-state index in [0.29, 0.717) is 6.92 Å². The van der Waals surface area contributed by atoms with Crippen LogP contribution in [0.4, 0.5) is 13.2 Å². The minimum atomic E-state index is -4.99. The van der Waals surface area contributed by atoms with Crippen molar-refractivity contribution in [1.82, 2.24) is 0 Å². The first-order chi connectivity index (χ1) is 4.63. The standard InChI is InChI=1S/C5H7F3O3/c1-4(10,11)2-3(9)5(6,7)8/h10-11H,2H2,1H3. The van der Waals surface area contributed by atoms with Gasteiger partial charge in [-0.1, -0.05) is 0 Å². The van der Waals surface area contributed by atoms with E-state index in [9.17, 15) is 18.0 Å². The molecular weight excluding hydrogens is 165 g/mol. The highest BCUT2D eigenvalue weighted by atomic mass is 19.4. The SMILES string of the molecule is CC(O)(O)CC(=O)C(F)(F)F. The van der Waals surface area contributed by atoms with Crippen molar-refractivity contribution in [1.29, 1.82) is 0 Å². The molecule has 0 rings (SSSR count). The second-order valence-electron chi connectivity index (χ2n) is 2.31. The number of aliphatic hydroxyl groups is 2. The van der Waals surface area contributed by atoms with Crippen LogP contribution in [0, 0.1) is 0 Å². The van der Waals surface area contributed by atoms with Gasteiger partial charge >= 0.3 is 6.18 Å². The third-order valence-corrected chi connectivity index (χ3v) is 0.812. The van der Waals surface area contributed by atoms with Gasteiger partial charge in [0.15, 0.2) is 5.79 Å². The first-order valence-corrected chi connectivity index (χ1v) is 2.68. The summed E-state index contributed by atoms with van der Waals surface area (Å²) in [5.41, 5.74) is 0. The number of carbonyl (C=O) groups is 1. The number of hydrogen-bond donors (Lipinski definition) is 2. The van der Waals surface area contributed by atoms with Crippen molar-refractivity contribution in [2.45, 2.75) is 25.3 Å². The molecule has 11 heavy (non-hydrogen) atoms. The summed E-state index contributed by atoms with van der Waals surface area (Å²) in [4.78, 5) is 10.0. The molecule has 6 heteroatoms. The maximum atomic E-state index is 11.4. The fraction of sp³-hybridized carbons (Fsp3) is 0.800. The summed E-state index contributed by atoms with van der Waals surface area (Å²) in [6, 6.07) is 0. The van der Waals surface area contributed by atoms with Gasteiger partial charge in [0, 0.05) is 0 Å². The van der Waals surface area contributed by atoms with Gasteiger partial charge in [-0.15, -0.1) is 0 Å². The second kappa shape index (κ2) is 2.78. The van der Waals surface area contributed by atoms with Crippen LogP contribution in [0.25, 0.3) is 0 Å². The molecule has 0 aliphatic heterocycles. The lowest BCUT2D eigenvalue weighted by Gasteiger charge is -2.15. The highest BCUT2D eigenvalue weighted by Gasteiger charge is 2.41. The van der Waals surface area contributed by atoms with E-state index in [4.69, 9.17) is 10.2 Å². The van der Waals surface area contributed by atoms with Gasteiger partial charge < -0.3 is 10.2 Å². The van der Waals surface area contributed by atoms with Crippen LogP contribution in [-0.4, -0.2) is 28.0 Å². The lowest BCUT2D eigenvalue weighted by molar-refractivity contribution is -0.193. The summed E-state index contributed by atoms with van der Waals surface area (Å²) in [6.45, 7) is 0.705. The molecule has 66 valence electrons. The molecule has 0 aromatic rings. The van der Waals surface area contributed by atoms with Gasteiger partial charge in [-0.05, 0) is 6.92 Å². The Hall–Kier alpha value is -0.620. The van der Waals surface area contributed by atoms with Gasteiger partial charge in [0.2, 0.25) is 5.78 Å². The van der Waals surface area contributed by atoms with Crippen LogP contribution in [0.2, 0.25) is 0 Å². The van der Waals surface area contributed by atoms with Gasteiger partial charge in [0.05, 0.1) is 6.42 Å². The zero-order valence-electron chi connectivity index (χ0n) is 5.64. The molecule has 2 N–H and O–H groups in total. The molecule has 0 radical (unpaired) electrons. The number of ketones is 1. The van der Waals surface area contributed by atoms with E-state index >= 15 is 0 Å². The first-order valence-electron chi connectivity index (χ1n) is 2.68. The molecular formula is C5H7F3O3. The van der Waals surface area contributed by atoms with Crippen molar-refractivity contribution in [3.63, 3.8) is 0 Å². The fourth-order valence-corrected chi connectivity index (χ4v) is 0.404. The Morgan fingerprint density at radius 1 is 1.36 bits per heavy atom. The van der Waals surface area contributed by atoms with Crippen molar-refractivity contribution in [2.24, 2.45) is 0 Å². The third kappa shape index (κ3) is 4.74. The molecule has 0 aliphatic carbocycles. The summed E-state index contributed by atoms with van der Waals surface area (Å²) in [5.74, 6) is -4.74. The van der Waals surface area contributed by atoms with Gasteiger partial charge in [0.25, 0.3) is 0 Å². The Labute approximate surface area is 60.4 Å². The predicted molar refractivity (Wildman–Crippen MR) is 28.5 cm³/mol. The maximum Gasteiger partial charge on any atom is 0.450 e. The van der Waals surface area contributed by atoms with E-state index in [-0.39, 0.29) is 0 Å². The number of carbonyl (C=O) groups excluding carboxylic acids is 1. The van der Waals surface area contributed by atoms with Crippen LogP contribution in [0.3, 0.4) is 0 Å². The van der Waals surface area contributed by atoms with E-state index in [0.717, 1.165) is 0 Å². The monoisotopic (exact) mass is 172 g/mol. The summed E-state index contributed by atoms with van der Waals surface area (Å²) in [7, 11) is 0. The average Bonchev–Trinajstić information content (AvgIpc) is 1.56. The Morgan fingerprint density at radius 3 is 1.82 bits per heavy atom. The molecule has 0 saturated carbocycles. The number of alkyl halides is 3.